The molecule has 0 aromatic heterocycles. The maximum absolute atomic E-state index is 12.5. The van der Waals surface area contributed by atoms with Crippen molar-refractivity contribution in [3.05, 3.63) is 112 Å². The zero-order valence-corrected chi connectivity index (χ0v) is 15.7. The normalized spacial score (nSPS) is 14.3. The lowest BCUT2D eigenvalue weighted by Gasteiger charge is -2.07. The van der Waals surface area contributed by atoms with Crippen molar-refractivity contribution in [3.8, 4) is 11.5 Å². The molecule has 1 aliphatic heterocycles. The highest BCUT2D eigenvalue weighted by atomic mass is 35.5. The molecule has 0 N–H and O–H groups in total. The van der Waals surface area contributed by atoms with Crippen molar-refractivity contribution in [2.75, 3.05) is 0 Å². The lowest BCUT2D eigenvalue weighted by atomic mass is 10.1. The van der Waals surface area contributed by atoms with Crippen LogP contribution in [0.1, 0.15) is 21.5 Å². The average molecular weight is 389 g/mol. The highest BCUT2D eigenvalue weighted by Gasteiger charge is 2.27. The first-order valence-electron chi connectivity index (χ1n) is 8.86. The van der Waals surface area contributed by atoms with Crippen molar-refractivity contribution in [1.29, 1.82) is 0 Å². The number of carbonyl (C=O) groups is 1. The van der Waals surface area contributed by atoms with Crippen LogP contribution in [0, 0.1) is 0 Å². The van der Waals surface area contributed by atoms with Gasteiger partial charge in [-0.1, -0.05) is 66.2 Å². The van der Waals surface area contributed by atoms with E-state index in [1.165, 1.54) is 0 Å². The minimum atomic E-state index is -0.128. The van der Waals surface area contributed by atoms with Crippen LogP contribution in [0.2, 0.25) is 5.02 Å². The van der Waals surface area contributed by atoms with E-state index in [4.69, 9.17) is 21.1 Å². The molecule has 0 bridgehead atoms. The van der Waals surface area contributed by atoms with Crippen molar-refractivity contribution < 1.29 is 14.3 Å². The van der Waals surface area contributed by atoms with E-state index in [0.29, 0.717) is 34.5 Å². The highest BCUT2D eigenvalue weighted by Crippen LogP contribution is 2.34. The zero-order valence-electron chi connectivity index (χ0n) is 15.0. The molecular weight excluding hydrogens is 372 g/mol. The van der Waals surface area contributed by atoms with Crippen LogP contribution in [-0.4, -0.2) is 5.78 Å². The zero-order chi connectivity index (χ0) is 19.3. The molecule has 28 heavy (non-hydrogen) atoms. The van der Waals surface area contributed by atoms with Gasteiger partial charge in [-0.05, 0) is 41.5 Å². The smallest absolute Gasteiger partial charge is 0.231 e. The van der Waals surface area contributed by atoms with Gasteiger partial charge in [0.1, 0.15) is 18.1 Å². The van der Waals surface area contributed by atoms with E-state index in [1.54, 1.807) is 24.3 Å². The number of ketones is 1. The van der Waals surface area contributed by atoms with Crippen LogP contribution in [-0.2, 0) is 6.61 Å². The molecule has 138 valence electrons. The molecular formula is C24H17ClO3. The maximum atomic E-state index is 12.5. The maximum Gasteiger partial charge on any atom is 0.231 e. The Kier molecular flexibility index (Phi) is 5.27. The minimum Gasteiger partial charge on any atom is -0.489 e. The molecule has 0 spiro atoms. The Morgan fingerprint density at radius 3 is 2.54 bits per heavy atom. The second-order valence-electron chi connectivity index (χ2n) is 6.31. The fourth-order valence-electron chi connectivity index (χ4n) is 2.83. The van der Waals surface area contributed by atoms with Crippen molar-refractivity contribution in [1.82, 2.24) is 0 Å². The van der Waals surface area contributed by atoms with E-state index in [1.807, 2.05) is 66.7 Å². The van der Waals surface area contributed by atoms with Gasteiger partial charge in [0.25, 0.3) is 0 Å². The first kappa shape index (κ1) is 18.1. The van der Waals surface area contributed by atoms with Crippen LogP contribution in [0.25, 0.3) is 6.08 Å². The summed E-state index contributed by atoms with van der Waals surface area (Å²) in [7, 11) is 0. The van der Waals surface area contributed by atoms with E-state index < -0.39 is 0 Å². The third-order valence-electron chi connectivity index (χ3n) is 4.30. The molecule has 0 saturated carbocycles. The van der Waals surface area contributed by atoms with Gasteiger partial charge in [-0.15, -0.1) is 0 Å². The van der Waals surface area contributed by atoms with Crippen LogP contribution in [0.3, 0.4) is 0 Å². The van der Waals surface area contributed by atoms with Crippen molar-refractivity contribution in [2.45, 2.75) is 6.61 Å². The lowest BCUT2D eigenvalue weighted by Crippen LogP contribution is -1.97. The molecule has 3 aromatic rings. The molecule has 1 aliphatic rings. The number of benzene rings is 3. The molecule has 1 heterocycles. The molecule has 0 unspecified atom stereocenters. The summed E-state index contributed by atoms with van der Waals surface area (Å²) in [6.07, 6.45) is 5.42. The lowest BCUT2D eigenvalue weighted by molar-refractivity contribution is 0.101. The third-order valence-corrected chi connectivity index (χ3v) is 4.55. The molecule has 0 fully saturated rings. The number of carbonyl (C=O) groups excluding carboxylic acids is 1. The number of fused-ring (bicyclic) bond motifs is 1. The standard InChI is InChI=1S/C24H17ClO3/c25-19-11-9-18(10-12-19)16-27-20-13-14-21-23(15-20)28-22(24(21)26)8-4-7-17-5-2-1-3-6-17/h1-15H,16H2/b7-4+,22-8+. The van der Waals surface area contributed by atoms with E-state index in [2.05, 4.69) is 0 Å². The van der Waals surface area contributed by atoms with Gasteiger partial charge in [0.15, 0.2) is 5.76 Å². The summed E-state index contributed by atoms with van der Waals surface area (Å²) in [5.41, 5.74) is 2.60. The monoisotopic (exact) mass is 388 g/mol. The van der Waals surface area contributed by atoms with Crippen molar-refractivity contribution in [2.24, 2.45) is 0 Å². The second kappa shape index (κ2) is 8.15. The average Bonchev–Trinajstić information content (AvgIpc) is 3.03. The first-order chi connectivity index (χ1) is 13.7. The molecule has 0 atom stereocenters. The topological polar surface area (TPSA) is 35.5 Å². The Morgan fingerprint density at radius 2 is 1.75 bits per heavy atom. The van der Waals surface area contributed by atoms with E-state index in [9.17, 15) is 4.79 Å². The summed E-state index contributed by atoms with van der Waals surface area (Å²) in [4.78, 5) is 12.5. The van der Waals surface area contributed by atoms with Crippen LogP contribution in [0.5, 0.6) is 11.5 Å². The van der Waals surface area contributed by atoms with Gasteiger partial charge in [-0.2, -0.15) is 0 Å². The van der Waals surface area contributed by atoms with Crippen LogP contribution < -0.4 is 9.47 Å². The number of hydrogen-bond donors (Lipinski definition) is 0. The van der Waals surface area contributed by atoms with Crippen LogP contribution in [0.15, 0.2) is 90.7 Å². The van der Waals surface area contributed by atoms with Crippen molar-refractivity contribution >= 4 is 23.5 Å². The summed E-state index contributed by atoms with van der Waals surface area (Å²) < 4.78 is 11.5. The quantitative estimate of drug-likeness (QED) is 0.496. The molecule has 4 heteroatoms. The Morgan fingerprint density at radius 1 is 0.964 bits per heavy atom. The molecule has 0 radical (unpaired) electrons. The number of rotatable bonds is 5. The number of allylic oxidation sites excluding steroid dienone is 3. The molecule has 0 amide bonds. The Hall–Kier alpha value is -3.30. The molecule has 0 aliphatic carbocycles. The Balaban J connectivity index is 1.44. The third kappa shape index (κ3) is 4.16. The highest BCUT2D eigenvalue weighted by molar-refractivity contribution is 6.30. The number of hydrogen-bond acceptors (Lipinski definition) is 3. The fraction of sp³-hybridized carbons (Fsp3) is 0.0417. The molecule has 0 saturated heterocycles. The Labute approximate surface area is 168 Å². The molecule has 3 aromatic carbocycles. The van der Waals surface area contributed by atoms with Crippen molar-refractivity contribution in [3.63, 3.8) is 0 Å². The van der Waals surface area contributed by atoms with E-state index >= 15 is 0 Å². The Bertz CT molecular complexity index is 1050. The van der Waals surface area contributed by atoms with Gasteiger partial charge in [0.2, 0.25) is 5.78 Å². The van der Waals surface area contributed by atoms with Crippen LogP contribution >= 0.6 is 11.6 Å². The summed E-state index contributed by atoms with van der Waals surface area (Å²) in [5.74, 6) is 1.33. The number of halogens is 1. The summed E-state index contributed by atoms with van der Waals surface area (Å²) in [6, 6.07) is 22.6. The van der Waals surface area contributed by atoms with Gasteiger partial charge in [0.05, 0.1) is 5.56 Å². The summed E-state index contributed by atoms with van der Waals surface area (Å²) in [6.45, 7) is 0.409. The number of Topliss-reactive ketones (excluding diaryl/α,β-unsaturated/α-hetero) is 1. The predicted molar refractivity (Wildman–Crippen MR) is 111 cm³/mol. The van der Waals surface area contributed by atoms with Gasteiger partial charge < -0.3 is 9.47 Å². The van der Waals surface area contributed by atoms with Gasteiger partial charge >= 0.3 is 0 Å². The largest absolute Gasteiger partial charge is 0.489 e. The summed E-state index contributed by atoms with van der Waals surface area (Å²) in [5, 5.41) is 0.689. The van der Waals surface area contributed by atoms with Gasteiger partial charge in [-0.25, -0.2) is 0 Å². The van der Waals surface area contributed by atoms with E-state index in [0.717, 1.165) is 11.1 Å². The van der Waals surface area contributed by atoms with Crippen LogP contribution in [0.4, 0.5) is 0 Å². The van der Waals surface area contributed by atoms with Gasteiger partial charge in [-0.3, -0.25) is 4.79 Å². The fourth-order valence-corrected chi connectivity index (χ4v) is 2.96. The summed E-state index contributed by atoms with van der Waals surface area (Å²) >= 11 is 5.89. The second-order valence-corrected chi connectivity index (χ2v) is 6.74. The molecule has 4 rings (SSSR count). The first-order valence-corrected chi connectivity index (χ1v) is 9.24. The predicted octanol–water partition coefficient (Wildman–Crippen LogP) is 6.09. The molecule has 3 nitrogen and oxygen atoms in total. The minimum absolute atomic E-state index is 0.128. The van der Waals surface area contributed by atoms with Gasteiger partial charge in [0, 0.05) is 11.1 Å². The SMILES string of the molecule is O=C1/C(=C\C=C\c2ccccc2)Oc2cc(OCc3ccc(Cl)cc3)ccc21. The van der Waals surface area contributed by atoms with E-state index in [-0.39, 0.29) is 5.78 Å². The number of ether oxygens (including phenoxy) is 2.